The Morgan fingerprint density at radius 3 is 1.90 bits per heavy atom. The maximum Gasteiger partial charge on any atom is 0.306 e. The fourth-order valence-corrected chi connectivity index (χ4v) is 3.50. The highest BCUT2D eigenvalue weighted by Gasteiger charge is 2.12. The quantitative estimate of drug-likeness (QED) is 0.0998. The number of allylic oxidation sites excluding steroid dienone is 12. The van der Waals surface area contributed by atoms with Gasteiger partial charge in [0.2, 0.25) is 0 Å². The second kappa shape index (κ2) is 23.8. The number of hydrogen-bond acceptors (Lipinski definition) is 4. The molecule has 1 aromatic carbocycles. The van der Waals surface area contributed by atoms with Crippen LogP contribution < -0.4 is 10.1 Å². The summed E-state index contributed by atoms with van der Waals surface area (Å²) in [6, 6.07) is 4.87. The van der Waals surface area contributed by atoms with Gasteiger partial charge in [-0.25, -0.2) is 0 Å². The van der Waals surface area contributed by atoms with Crippen LogP contribution in [0.15, 0.2) is 91.1 Å². The smallest absolute Gasteiger partial charge is 0.306 e. The van der Waals surface area contributed by atoms with Crippen LogP contribution in [0.25, 0.3) is 0 Å². The Morgan fingerprint density at radius 2 is 1.36 bits per heavy atom. The predicted octanol–water partition coefficient (Wildman–Crippen LogP) is 8.49. The Labute approximate surface area is 240 Å². The molecular weight excluding hydrogens is 510 g/mol. The van der Waals surface area contributed by atoms with Gasteiger partial charge in [0.05, 0.1) is 19.3 Å². The molecule has 0 aliphatic rings. The van der Waals surface area contributed by atoms with Gasteiger partial charge in [0.25, 0.3) is 5.91 Å². The van der Waals surface area contributed by atoms with E-state index in [1.54, 1.807) is 18.2 Å². The van der Waals surface area contributed by atoms with Crippen LogP contribution in [0.1, 0.15) is 75.1 Å². The predicted molar refractivity (Wildman–Crippen MR) is 163 cm³/mol. The molecule has 0 saturated heterocycles. The van der Waals surface area contributed by atoms with Crippen LogP contribution in [0.3, 0.4) is 0 Å². The first kappa shape index (κ1) is 33.7. The van der Waals surface area contributed by atoms with E-state index in [2.05, 4.69) is 79.1 Å². The number of esters is 1. The van der Waals surface area contributed by atoms with E-state index in [4.69, 9.17) is 21.1 Å². The molecule has 0 fully saturated rings. The Balaban J connectivity index is 2.02. The van der Waals surface area contributed by atoms with Crippen LogP contribution in [0.5, 0.6) is 5.75 Å². The first-order valence-electron chi connectivity index (χ1n) is 13.8. The Hall–Kier alpha value is -3.31. The minimum Gasteiger partial charge on any atom is -0.496 e. The number of carbonyl (C=O) groups excluding carboxylic acids is 2. The number of carbonyl (C=O) groups is 2. The van der Waals surface area contributed by atoms with Crippen molar-refractivity contribution in [2.75, 3.05) is 20.3 Å². The first-order chi connectivity index (χ1) is 19.1. The molecular formula is C33H44ClNO4. The summed E-state index contributed by atoms with van der Waals surface area (Å²) < 4.78 is 10.4. The highest BCUT2D eigenvalue weighted by atomic mass is 35.5. The maximum absolute atomic E-state index is 12.3. The number of benzene rings is 1. The van der Waals surface area contributed by atoms with Crippen molar-refractivity contribution in [3.05, 3.63) is 102 Å². The van der Waals surface area contributed by atoms with E-state index >= 15 is 0 Å². The van der Waals surface area contributed by atoms with Crippen LogP contribution in [0.4, 0.5) is 0 Å². The van der Waals surface area contributed by atoms with Crippen molar-refractivity contribution >= 4 is 23.5 Å². The molecule has 0 radical (unpaired) electrons. The zero-order valence-electron chi connectivity index (χ0n) is 23.4. The van der Waals surface area contributed by atoms with E-state index in [0.29, 0.717) is 42.1 Å². The molecule has 5 nitrogen and oxygen atoms in total. The Morgan fingerprint density at radius 1 is 0.821 bits per heavy atom. The number of ether oxygens (including phenoxy) is 2. The van der Waals surface area contributed by atoms with Gasteiger partial charge in [0.15, 0.2) is 0 Å². The van der Waals surface area contributed by atoms with Crippen molar-refractivity contribution in [1.29, 1.82) is 0 Å². The standard InChI is InChI=1S/C33H44ClNO4/c1-3-4-5-6-7-8-9-10-11-12-13-14-15-16-17-18-19-20-21-23-32(36)39-27-22-26-35-33(37)30-28-29(34)24-25-31(30)38-2/h4-5,7-8,10-11,13-14,16-17,19-20,24-25,28H,3,6,9,12,15,18,21-23,26-27H2,1-2H3,(H,35,37)/b5-4-,8-7-,11-10-,14-13-,17-16-,20-19-. The second-order valence-corrected chi connectivity index (χ2v) is 9.06. The molecule has 0 aliphatic carbocycles. The van der Waals surface area contributed by atoms with Crippen LogP contribution >= 0.6 is 11.6 Å². The van der Waals surface area contributed by atoms with Crippen LogP contribution in [0, 0.1) is 0 Å². The molecule has 0 heterocycles. The lowest BCUT2D eigenvalue weighted by molar-refractivity contribution is -0.143. The molecule has 6 heteroatoms. The highest BCUT2D eigenvalue weighted by Crippen LogP contribution is 2.22. The summed E-state index contributed by atoms with van der Waals surface area (Å²) in [5, 5.41) is 3.24. The second-order valence-electron chi connectivity index (χ2n) is 8.63. The van der Waals surface area contributed by atoms with Gasteiger partial charge in [-0.2, -0.15) is 0 Å². The number of amides is 1. The average molecular weight is 554 g/mol. The Bertz CT molecular complexity index is 1000. The van der Waals surface area contributed by atoms with Gasteiger partial charge in [-0.05, 0) is 69.6 Å². The summed E-state index contributed by atoms with van der Waals surface area (Å²) in [5.41, 5.74) is 0.373. The van der Waals surface area contributed by atoms with E-state index < -0.39 is 0 Å². The van der Waals surface area contributed by atoms with E-state index in [1.165, 1.54) is 7.11 Å². The number of rotatable bonds is 20. The Kier molecular flexibility index (Phi) is 20.6. The molecule has 0 atom stereocenters. The molecule has 1 N–H and O–H groups in total. The third kappa shape index (κ3) is 18.6. The fraction of sp³-hybridized carbons (Fsp3) is 0.394. The molecule has 39 heavy (non-hydrogen) atoms. The zero-order chi connectivity index (χ0) is 28.4. The van der Waals surface area contributed by atoms with Crippen molar-refractivity contribution in [3.63, 3.8) is 0 Å². The molecule has 0 aliphatic heterocycles. The van der Waals surface area contributed by atoms with Crippen molar-refractivity contribution in [2.24, 2.45) is 0 Å². The SMILES string of the molecule is CC/C=C\C/C=C\C/C=C\C/C=C\C/C=C\C/C=C\CCC(=O)OCCCNC(=O)c1cc(Cl)ccc1OC. The molecule has 0 saturated carbocycles. The average Bonchev–Trinajstić information content (AvgIpc) is 2.94. The van der Waals surface area contributed by atoms with E-state index in [9.17, 15) is 9.59 Å². The zero-order valence-corrected chi connectivity index (χ0v) is 24.2. The molecule has 0 aromatic heterocycles. The summed E-state index contributed by atoms with van der Waals surface area (Å²) in [7, 11) is 1.50. The summed E-state index contributed by atoms with van der Waals surface area (Å²) in [6.45, 7) is 2.79. The third-order valence-electron chi connectivity index (χ3n) is 5.39. The molecule has 212 valence electrons. The number of methoxy groups -OCH3 is 1. The van der Waals surface area contributed by atoms with Gasteiger partial charge in [0, 0.05) is 18.0 Å². The monoisotopic (exact) mass is 553 g/mol. The summed E-state index contributed by atoms with van der Waals surface area (Å²) in [5.74, 6) is -0.0617. The lowest BCUT2D eigenvalue weighted by Gasteiger charge is -2.10. The van der Waals surface area contributed by atoms with Gasteiger partial charge in [0.1, 0.15) is 5.75 Å². The van der Waals surface area contributed by atoms with Crippen LogP contribution in [-0.2, 0) is 9.53 Å². The lowest BCUT2D eigenvalue weighted by atomic mass is 10.2. The topological polar surface area (TPSA) is 64.6 Å². The van der Waals surface area contributed by atoms with E-state index in [0.717, 1.165) is 38.5 Å². The van der Waals surface area contributed by atoms with Crippen molar-refractivity contribution < 1.29 is 19.1 Å². The van der Waals surface area contributed by atoms with Crippen molar-refractivity contribution in [1.82, 2.24) is 5.32 Å². The highest BCUT2D eigenvalue weighted by molar-refractivity contribution is 6.31. The normalized spacial score (nSPS) is 12.2. The first-order valence-corrected chi connectivity index (χ1v) is 14.1. The van der Waals surface area contributed by atoms with Crippen molar-refractivity contribution in [2.45, 2.75) is 64.7 Å². The summed E-state index contributed by atoms with van der Waals surface area (Å²) in [6.07, 6.45) is 33.2. The number of nitrogens with one attached hydrogen (secondary N) is 1. The van der Waals surface area contributed by atoms with Gasteiger partial charge in [-0.3, -0.25) is 9.59 Å². The maximum atomic E-state index is 12.3. The van der Waals surface area contributed by atoms with Gasteiger partial charge < -0.3 is 14.8 Å². The summed E-state index contributed by atoms with van der Waals surface area (Å²) >= 11 is 5.96. The summed E-state index contributed by atoms with van der Waals surface area (Å²) in [4.78, 5) is 24.2. The molecule has 1 aromatic rings. The molecule has 0 unspecified atom stereocenters. The van der Waals surface area contributed by atoms with Gasteiger partial charge in [-0.15, -0.1) is 0 Å². The minimum absolute atomic E-state index is 0.239. The van der Waals surface area contributed by atoms with Gasteiger partial charge in [-0.1, -0.05) is 91.4 Å². The van der Waals surface area contributed by atoms with Crippen LogP contribution in [-0.4, -0.2) is 32.1 Å². The van der Waals surface area contributed by atoms with Crippen LogP contribution in [0.2, 0.25) is 5.02 Å². The molecule has 0 spiro atoms. The lowest BCUT2D eigenvalue weighted by Crippen LogP contribution is -2.26. The molecule has 1 rings (SSSR count). The van der Waals surface area contributed by atoms with E-state index in [-0.39, 0.29) is 18.5 Å². The molecule has 1 amide bonds. The van der Waals surface area contributed by atoms with Crippen molar-refractivity contribution in [3.8, 4) is 5.75 Å². The van der Waals surface area contributed by atoms with Gasteiger partial charge >= 0.3 is 5.97 Å². The largest absolute Gasteiger partial charge is 0.496 e. The number of halogens is 1. The minimum atomic E-state index is -0.279. The third-order valence-corrected chi connectivity index (χ3v) is 5.62. The fourth-order valence-electron chi connectivity index (χ4n) is 3.33. The van der Waals surface area contributed by atoms with E-state index in [1.807, 2.05) is 6.08 Å². The molecule has 0 bridgehead atoms. The number of hydrogen-bond donors (Lipinski definition) is 1.